The predicted octanol–water partition coefficient (Wildman–Crippen LogP) is 4.37. The van der Waals surface area contributed by atoms with E-state index >= 15 is 0 Å². The van der Waals surface area contributed by atoms with Crippen LogP contribution in [0.3, 0.4) is 0 Å². The molecule has 1 spiro atoms. The molecule has 4 aliphatic carbocycles. The number of azo groups is 1. The van der Waals surface area contributed by atoms with E-state index in [2.05, 4.69) is 26.0 Å². The predicted molar refractivity (Wildman–Crippen MR) is 74.9 cm³/mol. The average molecular weight is 256 g/mol. The number of hydrogen-bond acceptors (Lipinski definition) is 2. The minimum atomic E-state index is 0.150. The standard InChI is InChI=1S/C17H24N2/c1-15-13-11-6-7-12(10-11)14(13)16(2,19-18-15)17(15)8-4-3-5-9-17/h6-7,11-14H,3-5,8-10H2,1-2H3/t11-,12+,13-,14+,15-,16+. The summed E-state index contributed by atoms with van der Waals surface area (Å²) in [5.41, 5.74) is 0.699. The van der Waals surface area contributed by atoms with Crippen molar-refractivity contribution < 1.29 is 0 Å². The third-order valence-electron chi connectivity index (χ3n) is 7.87. The maximum atomic E-state index is 4.94. The first-order valence-corrected chi connectivity index (χ1v) is 8.25. The Bertz CT molecular complexity index is 465. The van der Waals surface area contributed by atoms with Crippen LogP contribution in [0.25, 0.3) is 0 Å². The summed E-state index contributed by atoms with van der Waals surface area (Å²) in [5, 5.41) is 9.87. The largest absolute Gasteiger partial charge is 0.186 e. The SMILES string of the molecule is C[C@]12N=N[C@](C)([C@H]3[C@@H]1[C@H]1C=C[C@@H]3C1)C21CCCCC1. The molecule has 2 heteroatoms. The first-order valence-electron chi connectivity index (χ1n) is 8.25. The quantitative estimate of drug-likeness (QED) is 0.575. The summed E-state index contributed by atoms with van der Waals surface area (Å²) < 4.78 is 0. The van der Waals surface area contributed by atoms with Crippen molar-refractivity contribution in [1.82, 2.24) is 0 Å². The highest BCUT2D eigenvalue weighted by molar-refractivity contribution is 5.36. The molecule has 5 rings (SSSR count). The van der Waals surface area contributed by atoms with Crippen LogP contribution in [-0.4, -0.2) is 11.1 Å². The summed E-state index contributed by atoms with van der Waals surface area (Å²) in [6.07, 6.45) is 13.4. The van der Waals surface area contributed by atoms with Crippen molar-refractivity contribution in [2.45, 2.75) is 63.5 Å². The van der Waals surface area contributed by atoms with E-state index in [1.165, 1.54) is 38.5 Å². The summed E-state index contributed by atoms with van der Waals surface area (Å²) in [6, 6.07) is 0. The molecule has 1 aliphatic heterocycles. The second kappa shape index (κ2) is 2.99. The number of allylic oxidation sites excluding steroid dienone is 2. The molecule has 0 radical (unpaired) electrons. The molecule has 0 aromatic carbocycles. The summed E-state index contributed by atoms with van der Waals surface area (Å²) >= 11 is 0. The Balaban J connectivity index is 1.72. The number of nitrogens with zero attached hydrogens (tertiary/aromatic N) is 2. The fourth-order valence-corrected chi connectivity index (χ4v) is 7.21. The normalized spacial score (nSPS) is 59.3. The van der Waals surface area contributed by atoms with E-state index in [1.54, 1.807) is 0 Å². The van der Waals surface area contributed by atoms with Crippen molar-refractivity contribution in [3.63, 3.8) is 0 Å². The van der Waals surface area contributed by atoms with Gasteiger partial charge in [0.2, 0.25) is 0 Å². The van der Waals surface area contributed by atoms with Gasteiger partial charge in [-0.25, -0.2) is 0 Å². The van der Waals surface area contributed by atoms with Gasteiger partial charge < -0.3 is 0 Å². The van der Waals surface area contributed by atoms with E-state index in [9.17, 15) is 0 Å². The fourth-order valence-electron chi connectivity index (χ4n) is 7.21. The van der Waals surface area contributed by atoms with E-state index in [-0.39, 0.29) is 11.1 Å². The molecule has 19 heavy (non-hydrogen) atoms. The van der Waals surface area contributed by atoms with Crippen LogP contribution in [0.5, 0.6) is 0 Å². The van der Waals surface area contributed by atoms with Gasteiger partial charge in [0, 0.05) is 5.41 Å². The Labute approximate surface area is 115 Å². The Morgan fingerprint density at radius 3 is 1.89 bits per heavy atom. The van der Waals surface area contributed by atoms with Gasteiger partial charge in [-0.15, -0.1) is 0 Å². The number of hydrogen-bond donors (Lipinski definition) is 0. The molecule has 0 unspecified atom stereocenters. The third-order valence-corrected chi connectivity index (χ3v) is 7.87. The summed E-state index contributed by atoms with van der Waals surface area (Å²) in [6.45, 7) is 4.93. The monoisotopic (exact) mass is 256 g/mol. The molecule has 0 saturated heterocycles. The van der Waals surface area contributed by atoms with E-state index in [0.717, 1.165) is 23.7 Å². The van der Waals surface area contributed by atoms with Gasteiger partial charge in [-0.1, -0.05) is 31.4 Å². The summed E-state index contributed by atoms with van der Waals surface area (Å²) in [7, 11) is 0. The maximum absolute atomic E-state index is 4.94. The first kappa shape index (κ1) is 11.0. The van der Waals surface area contributed by atoms with Crippen LogP contribution in [0.15, 0.2) is 22.4 Å². The van der Waals surface area contributed by atoms with Crippen molar-refractivity contribution in [1.29, 1.82) is 0 Å². The molecule has 5 aliphatic rings. The highest BCUT2D eigenvalue weighted by Gasteiger charge is 2.80. The van der Waals surface area contributed by atoms with Crippen LogP contribution in [0.2, 0.25) is 0 Å². The fraction of sp³-hybridized carbons (Fsp3) is 0.882. The lowest BCUT2D eigenvalue weighted by atomic mass is 9.56. The van der Waals surface area contributed by atoms with Crippen molar-refractivity contribution in [3.8, 4) is 0 Å². The number of rotatable bonds is 0. The second-order valence-corrected chi connectivity index (χ2v) is 8.14. The lowest BCUT2D eigenvalue weighted by molar-refractivity contribution is 0.0587. The molecule has 1 heterocycles. The van der Waals surface area contributed by atoms with E-state index in [0.29, 0.717) is 5.41 Å². The van der Waals surface area contributed by atoms with Crippen LogP contribution >= 0.6 is 0 Å². The van der Waals surface area contributed by atoms with Crippen molar-refractivity contribution >= 4 is 0 Å². The second-order valence-electron chi connectivity index (χ2n) is 8.14. The zero-order valence-corrected chi connectivity index (χ0v) is 12.1. The topological polar surface area (TPSA) is 24.7 Å². The van der Waals surface area contributed by atoms with Crippen LogP contribution in [0.4, 0.5) is 0 Å². The van der Waals surface area contributed by atoms with Crippen molar-refractivity contribution in [2.75, 3.05) is 0 Å². The molecule has 0 N–H and O–H groups in total. The van der Waals surface area contributed by atoms with Gasteiger partial charge in [0.05, 0.1) is 11.1 Å². The Morgan fingerprint density at radius 1 is 0.842 bits per heavy atom. The van der Waals surface area contributed by atoms with E-state index in [1.807, 2.05) is 0 Å². The summed E-state index contributed by atoms with van der Waals surface area (Å²) in [5.74, 6) is 3.20. The van der Waals surface area contributed by atoms with Crippen LogP contribution in [0, 0.1) is 29.1 Å². The van der Waals surface area contributed by atoms with Gasteiger partial charge in [0.1, 0.15) is 0 Å². The molecule has 2 nitrogen and oxygen atoms in total. The molecule has 102 valence electrons. The molecular formula is C17H24N2. The molecule has 0 aromatic heterocycles. The van der Waals surface area contributed by atoms with E-state index < -0.39 is 0 Å². The lowest BCUT2D eigenvalue weighted by Gasteiger charge is -2.47. The molecular weight excluding hydrogens is 232 g/mol. The van der Waals surface area contributed by atoms with Crippen LogP contribution in [-0.2, 0) is 0 Å². The average Bonchev–Trinajstić information content (AvgIpc) is 3.12. The Morgan fingerprint density at radius 2 is 1.37 bits per heavy atom. The first-order chi connectivity index (χ1) is 9.12. The van der Waals surface area contributed by atoms with Gasteiger partial charge in [0.15, 0.2) is 0 Å². The molecule has 0 amide bonds. The van der Waals surface area contributed by atoms with Gasteiger partial charge in [0.25, 0.3) is 0 Å². The highest BCUT2D eigenvalue weighted by Crippen LogP contribution is 2.77. The lowest BCUT2D eigenvalue weighted by Crippen LogP contribution is -2.51. The van der Waals surface area contributed by atoms with Gasteiger partial charge in [-0.05, 0) is 56.8 Å². The zero-order chi connectivity index (χ0) is 12.9. The van der Waals surface area contributed by atoms with Crippen LogP contribution < -0.4 is 0 Å². The number of fused-ring (bicyclic) bond motifs is 7. The zero-order valence-electron chi connectivity index (χ0n) is 12.1. The maximum Gasteiger partial charge on any atom is 0.0905 e. The minimum Gasteiger partial charge on any atom is -0.186 e. The molecule has 3 saturated carbocycles. The smallest absolute Gasteiger partial charge is 0.0905 e. The van der Waals surface area contributed by atoms with Gasteiger partial charge >= 0.3 is 0 Å². The molecule has 0 aromatic rings. The van der Waals surface area contributed by atoms with Gasteiger partial charge in [-0.2, -0.15) is 10.2 Å². The molecule has 6 atom stereocenters. The molecule has 4 bridgehead atoms. The Kier molecular flexibility index (Phi) is 1.74. The van der Waals surface area contributed by atoms with Crippen molar-refractivity contribution in [2.24, 2.45) is 39.3 Å². The van der Waals surface area contributed by atoms with Crippen molar-refractivity contribution in [3.05, 3.63) is 12.2 Å². The molecule has 3 fully saturated rings. The van der Waals surface area contributed by atoms with Crippen LogP contribution in [0.1, 0.15) is 52.4 Å². The highest BCUT2D eigenvalue weighted by atomic mass is 15.3. The minimum absolute atomic E-state index is 0.150. The third kappa shape index (κ3) is 0.900. The Hall–Kier alpha value is -0.660. The van der Waals surface area contributed by atoms with Gasteiger partial charge in [-0.3, -0.25) is 0 Å². The van der Waals surface area contributed by atoms with E-state index in [4.69, 9.17) is 10.2 Å². The summed E-state index contributed by atoms with van der Waals surface area (Å²) in [4.78, 5) is 0.